The zero-order chi connectivity index (χ0) is 14.0. The summed E-state index contributed by atoms with van der Waals surface area (Å²) in [5.74, 6) is -0.856. The summed E-state index contributed by atoms with van der Waals surface area (Å²) in [6.45, 7) is 4.12. The SMILES string of the molecule is Cc1ccc(N(C)c2nc(CC(=O)O)cs2)c(C)c1. The van der Waals surface area contributed by atoms with E-state index in [0.717, 1.165) is 10.8 Å². The van der Waals surface area contributed by atoms with Crippen molar-refractivity contribution in [2.24, 2.45) is 0 Å². The second-order valence-corrected chi connectivity index (χ2v) is 5.38. The van der Waals surface area contributed by atoms with Crippen molar-refractivity contribution in [1.82, 2.24) is 4.98 Å². The van der Waals surface area contributed by atoms with E-state index >= 15 is 0 Å². The molecule has 5 heteroatoms. The number of benzene rings is 1. The second-order valence-electron chi connectivity index (χ2n) is 4.54. The van der Waals surface area contributed by atoms with Crippen LogP contribution < -0.4 is 4.90 Å². The van der Waals surface area contributed by atoms with E-state index in [1.807, 2.05) is 11.9 Å². The summed E-state index contributed by atoms with van der Waals surface area (Å²) in [7, 11) is 1.95. The molecule has 0 fully saturated rings. The molecule has 4 nitrogen and oxygen atoms in total. The van der Waals surface area contributed by atoms with Crippen molar-refractivity contribution in [3.63, 3.8) is 0 Å². The Morgan fingerprint density at radius 2 is 2.16 bits per heavy atom. The standard InChI is InChI=1S/C14H16N2O2S/c1-9-4-5-12(10(2)6-9)16(3)14-15-11(8-19-14)7-13(17)18/h4-6,8H,7H2,1-3H3,(H,17,18). The lowest BCUT2D eigenvalue weighted by Crippen LogP contribution is -2.11. The van der Waals surface area contributed by atoms with E-state index in [4.69, 9.17) is 5.11 Å². The Bertz CT molecular complexity index is 607. The van der Waals surface area contributed by atoms with Crippen LogP contribution in [0, 0.1) is 13.8 Å². The molecule has 19 heavy (non-hydrogen) atoms. The molecule has 0 amide bonds. The third kappa shape index (κ3) is 3.12. The molecule has 0 atom stereocenters. The fourth-order valence-corrected chi connectivity index (χ4v) is 2.78. The Hall–Kier alpha value is -1.88. The normalized spacial score (nSPS) is 10.5. The van der Waals surface area contributed by atoms with Crippen LogP contribution in [0.25, 0.3) is 0 Å². The monoisotopic (exact) mass is 276 g/mol. The number of anilines is 2. The first-order valence-electron chi connectivity index (χ1n) is 5.94. The number of aromatic nitrogens is 1. The smallest absolute Gasteiger partial charge is 0.309 e. The second kappa shape index (κ2) is 5.40. The summed E-state index contributed by atoms with van der Waals surface area (Å²) in [5, 5.41) is 11.4. The Kier molecular flexibility index (Phi) is 3.85. The minimum atomic E-state index is -0.856. The first-order chi connectivity index (χ1) is 8.97. The van der Waals surface area contributed by atoms with E-state index in [1.54, 1.807) is 5.38 Å². The molecular formula is C14H16N2O2S. The number of carbonyl (C=O) groups is 1. The Balaban J connectivity index is 2.25. The van der Waals surface area contributed by atoms with E-state index in [2.05, 4.69) is 37.0 Å². The van der Waals surface area contributed by atoms with Crippen LogP contribution in [0.1, 0.15) is 16.8 Å². The predicted molar refractivity (Wildman–Crippen MR) is 77.4 cm³/mol. The average molecular weight is 276 g/mol. The number of rotatable bonds is 4. The first-order valence-corrected chi connectivity index (χ1v) is 6.82. The third-order valence-electron chi connectivity index (χ3n) is 2.87. The molecule has 0 unspecified atom stereocenters. The molecule has 1 N–H and O–H groups in total. The topological polar surface area (TPSA) is 53.4 Å². The quantitative estimate of drug-likeness (QED) is 0.932. The van der Waals surface area contributed by atoms with Gasteiger partial charge >= 0.3 is 5.97 Å². The van der Waals surface area contributed by atoms with Crippen LogP contribution in [-0.2, 0) is 11.2 Å². The number of aryl methyl sites for hydroxylation is 2. The molecule has 0 saturated heterocycles. The maximum atomic E-state index is 10.7. The third-order valence-corrected chi connectivity index (χ3v) is 3.84. The Morgan fingerprint density at radius 3 is 2.79 bits per heavy atom. The summed E-state index contributed by atoms with van der Waals surface area (Å²) in [6, 6.07) is 6.24. The number of carboxylic acids is 1. The molecule has 0 aliphatic carbocycles. The highest BCUT2D eigenvalue weighted by Crippen LogP contribution is 2.29. The number of hydrogen-bond acceptors (Lipinski definition) is 4. The summed E-state index contributed by atoms with van der Waals surface area (Å²) in [4.78, 5) is 17.0. The minimum absolute atomic E-state index is 0.0305. The van der Waals surface area contributed by atoms with Gasteiger partial charge in [-0.2, -0.15) is 0 Å². The number of hydrogen-bond donors (Lipinski definition) is 1. The molecule has 0 aliphatic rings. The number of thiazole rings is 1. The van der Waals surface area contributed by atoms with Crippen molar-refractivity contribution < 1.29 is 9.90 Å². The van der Waals surface area contributed by atoms with Crippen LogP contribution >= 0.6 is 11.3 Å². The molecule has 0 radical (unpaired) electrons. The van der Waals surface area contributed by atoms with E-state index < -0.39 is 5.97 Å². The van der Waals surface area contributed by atoms with Gasteiger partial charge < -0.3 is 10.0 Å². The van der Waals surface area contributed by atoms with Crippen molar-refractivity contribution in [3.8, 4) is 0 Å². The lowest BCUT2D eigenvalue weighted by atomic mass is 10.1. The van der Waals surface area contributed by atoms with Crippen molar-refractivity contribution in [1.29, 1.82) is 0 Å². The maximum Gasteiger partial charge on any atom is 0.309 e. The molecule has 2 rings (SSSR count). The van der Waals surface area contributed by atoms with Gasteiger partial charge in [-0.15, -0.1) is 11.3 Å². The van der Waals surface area contributed by atoms with Crippen LogP contribution in [0.2, 0.25) is 0 Å². The molecular weight excluding hydrogens is 260 g/mol. The first kappa shape index (κ1) is 13.5. The van der Waals surface area contributed by atoms with Crippen molar-refractivity contribution in [2.45, 2.75) is 20.3 Å². The highest BCUT2D eigenvalue weighted by molar-refractivity contribution is 7.13. The van der Waals surface area contributed by atoms with Gasteiger partial charge in [0.05, 0.1) is 12.1 Å². The fourth-order valence-electron chi connectivity index (χ4n) is 1.97. The van der Waals surface area contributed by atoms with Crippen molar-refractivity contribution in [2.75, 3.05) is 11.9 Å². The lowest BCUT2D eigenvalue weighted by molar-refractivity contribution is -0.136. The molecule has 100 valence electrons. The van der Waals surface area contributed by atoms with Crippen molar-refractivity contribution in [3.05, 3.63) is 40.4 Å². The van der Waals surface area contributed by atoms with Crippen molar-refractivity contribution >= 4 is 28.1 Å². The molecule has 2 aromatic rings. The van der Waals surface area contributed by atoms with Gasteiger partial charge in [0.2, 0.25) is 0 Å². The summed E-state index contributed by atoms with van der Waals surface area (Å²) >= 11 is 1.46. The van der Waals surface area contributed by atoms with Crippen LogP contribution in [-0.4, -0.2) is 23.1 Å². The largest absolute Gasteiger partial charge is 0.481 e. The predicted octanol–water partition coefficient (Wildman–Crippen LogP) is 3.15. The van der Waals surface area contributed by atoms with Gasteiger partial charge in [-0.3, -0.25) is 4.79 Å². The van der Waals surface area contributed by atoms with Gasteiger partial charge in [-0.25, -0.2) is 4.98 Å². The van der Waals surface area contributed by atoms with Gasteiger partial charge in [-0.05, 0) is 25.5 Å². The molecule has 1 aromatic heterocycles. The molecule has 1 heterocycles. The number of carboxylic acid groups (broad SMARTS) is 1. The van der Waals surface area contributed by atoms with Crippen LogP contribution in [0.3, 0.4) is 0 Å². The van der Waals surface area contributed by atoms with Crippen LogP contribution in [0.5, 0.6) is 0 Å². The highest BCUT2D eigenvalue weighted by Gasteiger charge is 2.12. The van der Waals surface area contributed by atoms with Gasteiger partial charge in [0.25, 0.3) is 0 Å². The summed E-state index contributed by atoms with van der Waals surface area (Å²) in [5.41, 5.74) is 4.09. The molecule has 1 aromatic carbocycles. The van der Waals surface area contributed by atoms with Gasteiger partial charge in [-0.1, -0.05) is 17.7 Å². The fraction of sp³-hybridized carbons (Fsp3) is 0.286. The zero-order valence-electron chi connectivity index (χ0n) is 11.2. The van der Waals surface area contributed by atoms with E-state index in [1.165, 1.54) is 22.5 Å². The molecule has 0 bridgehead atoms. The maximum absolute atomic E-state index is 10.7. The number of nitrogens with zero attached hydrogens (tertiary/aromatic N) is 2. The van der Waals surface area contributed by atoms with E-state index in [0.29, 0.717) is 5.69 Å². The van der Waals surface area contributed by atoms with E-state index in [-0.39, 0.29) is 6.42 Å². The molecule has 0 aliphatic heterocycles. The molecule has 0 spiro atoms. The lowest BCUT2D eigenvalue weighted by Gasteiger charge is -2.18. The molecule has 0 saturated carbocycles. The Labute approximate surface area is 116 Å². The zero-order valence-corrected chi connectivity index (χ0v) is 12.0. The minimum Gasteiger partial charge on any atom is -0.481 e. The van der Waals surface area contributed by atoms with E-state index in [9.17, 15) is 4.79 Å². The summed E-state index contributed by atoms with van der Waals surface area (Å²) in [6.07, 6.45) is -0.0305. The average Bonchev–Trinajstić information content (AvgIpc) is 2.75. The van der Waals surface area contributed by atoms with Gasteiger partial charge in [0.1, 0.15) is 0 Å². The van der Waals surface area contributed by atoms with Crippen LogP contribution in [0.4, 0.5) is 10.8 Å². The highest BCUT2D eigenvalue weighted by atomic mass is 32.1. The van der Waals surface area contributed by atoms with Crippen LogP contribution in [0.15, 0.2) is 23.6 Å². The number of aliphatic carboxylic acids is 1. The summed E-state index contributed by atoms with van der Waals surface area (Å²) < 4.78 is 0. The van der Waals surface area contributed by atoms with Gasteiger partial charge in [0, 0.05) is 18.1 Å². The Morgan fingerprint density at radius 1 is 1.42 bits per heavy atom. The van der Waals surface area contributed by atoms with Gasteiger partial charge in [0.15, 0.2) is 5.13 Å².